The third kappa shape index (κ3) is 5.72. The summed E-state index contributed by atoms with van der Waals surface area (Å²) in [5, 5.41) is 7.83. The summed E-state index contributed by atoms with van der Waals surface area (Å²) in [5.74, 6) is 0. The zero-order valence-corrected chi connectivity index (χ0v) is 4.36. The van der Waals surface area contributed by atoms with E-state index in [4.69, 9.17) is 5.21 Å². The first-order valence-corrected chi connectivity index (χ1v) is 1.84. The molecule has 0 aromatic carbocycles. The van der Waals surface area contributed by atoms with E-state index >= 15 is 0 Å². The quantitative estimate of drug-likeness (QED) is 0.178. The van der Waals surface area contributed by atoms with Gasteiger partial charge in [0.1, 0.15) is 0 Å². The third-order valence-corrected chi connectivity index (χ3v) is 0.334. The molecule has 0 radical (unpaired) electrons. The molecule has 0 aliphatic heterocycles. The summed E-state index contributed by atoms with van der Waals surface area (Å²) in [6.45, 7) is 0. The summed E-state index contributed by atoms with van der Waals surface area (Å²) < 4.78 is 0. The molecule has 0 saturated carbocycles. The third-order valence-electron chi connectivity index (χ3n) is 0.334. The standard InChI is InChI=1S/CH9N5O2/c1-8-6-4-2-3-5-7/h2-7H,1H3. The fraction of sp³-hybridized carbons (Fsp3) is 1.00. The van der Waals surface area contributed by atoms with E-state index in [1.54, 1.807) is 5.59 Å². The summed E-state index contributed by atoms with van der Waals surface area (Å²) in [5.41, 5.74) is 10.4. The van der Waals surface area contributed by atoms with Crippen LogP contribution in [0.3, 0.4) is 0 Å². The summed E-state index contributed by atoms with van der Waals surface area (Å²) in [6.07, 6.45) is 0. The summed E-state index contributed by atoms with van der Waals surface area (Å²) >= 11 is 0. The molecule has 8 heavy (non-hydrogen) atoms. The molecule has 0 fully saturated rings. The van der Waals surface area contributed by atoms with Crippen LogP contribution in [0.1, 0.15) is 0 Å². The zero-order valence-electron chi connectivity index (χ0n) is 4.36. The molecule has 0 saturated heterocycles. The van der Waals surface area contributed by atoms with Crippen LogP contribution in [0.5, 0.6) is 0 Å². The number of nitrogens with one attached hydrogen (secondary N) is 5. The highest BCUT2D eigenvalue weighted by molar-refractivity contribution is 3.99. The molecule has 0 spiro atoms. The molecule has 0 bridgehead atoms. The van der Waals surface area contributed by atoms with Crippen molar-refractivity contribution in [1.29, 1.82) is 0 Å². The van der Waals surface area contributed by atoms with Crippen LogP contribution in [0.25, 0.3) is 0 Å². The highest BCUT2D eigenvalue weighted by atomic mass is 16.7. The number of hydrogen-bond donors (Lipinski definition) is 6. The van der Waals surface area contributed by atoms with Crippen molar-refractivity contribution in [2.75, 3.05) is 7.11 Å². The summed E-state index contributed by atoms with van der Waals surface area (Å²) in [6, 6.07) is 0. The van der Waals surface area contributed by atoms with Crippen LogP contribution < -0.4 is 27.8 Å². The lowest BCUT2D eigenvalue weighted by Crippen LogP contribution is -2.54. The molecule has 0 amide bonds. The van der Waals surface area contributed by atoms with Crippen LogP contribution in [-0.2, 0) is 4.84 Å². The maximum atomic E-state index is 7.83. The van der Waals surface area contributed by atoms with Gasteiger partial charge >= 0.3 is 0 Å². The number of rotatable bonds is 5. The molecule has 7 heteroatoms. The van der Waals surface area contributed by atoms with Gasteiger partial charge in [-0.05, 0) is 0 Å². The Morgan fingerprint density at radius 3 is 2.50 bits per heavy atom. The van der Waals surface area contributed by atoms with Gasteiger partial charge < -0.3 is 5.21 Å². The largest absolute Gasteiger partial charge is 0.301 e. The van der Waals surface area contributed by atoms with Gasteiger partial charge in [-0.25, -0.2) is 0 Å². The van der Waals surface area contributed by atoms with Crippen LogP contribution in [0, 0.1) is 0 Å². The maximum absolute atomic E-state index is 7.83. The van der Waals surface area contributed by atoms with Crippen molar-refractivity contribution in [2.45, 2.75) is 0 Å². The van der Waals surface area contributed by atoms with E-state index in [0.29, 0.717) is 0 Å². The van der Waals surface area contributed by atoms with Crippen LogP contribution in [0.15, 0.2) is 0 Å². The first-order valence-electron chi connectivity index (χ1n) is 1.84. The molecule has 0 aromatic heterocycles. The summed E-state index contributed by atoms with van der Waals surface area (Å²) in [4.78, 5) is 4.32. The molecular formula is CH9N5O2. The first kappa shape index (κ1) is 7.72. The minimum Gasteiger partial charge on any atom is -0.301 e. The monoisotopic (exact) mass is 123 g/mol. The van der Waals surface area contributed by atoms with E-state index in [0.717, 1.165) is 0 Å². The van der Waals surface area contributed by atoms with E-state index in [-0.39, 0.29) is 0 Å². The number of hydrogen-bond acceptors (Lipinski definition) is 7. The van der Waals surface area contributed by atoms with Gasteiger partial charge in [-0.1, -0.05) is 0 Å². The molecule has 50 valence electrons. The molecule has 0 aromatic rings. The van der Waals surface area contributed by atoms with E-state index in [1.807, 2.05) is 0 Å². The van der Waals surface area contributed by atoms with Gasteiger partial charge in [0, 0.05) is 0 Å². The van der Waals surface area contributed by atoms with Gasteiger partial charge in [0.25, 0.3) is 0 Å². The average molecular weight is 123 g/mol. The normalized spacial score (nSPS) is 9.75. The van der Waals surface area contributed by atoms with Crippen LogP contribution in [0.4, 0.5) is 0 Å². The molecule has 6 N–H and O–H groups in total. The molecular weight excluding hydrogens is 114 g/mol. The van der Waals surface area contributed by atoms with Crippen LogP contribution in [-0.4, -0.2) is 12.3 Å². The van der Waals surface area contributed by atoms with Gasteiger partial charge in [0.05, 0.1) is 7.11 Å². The minimum atomic E-state index is 1.43. The second-order valence-corrected chi connectivity index (χ2v) is 0.793. The predicted molar refractivity (Wildman–Crippen MR) is 24.5 cm³/mol. The maximum Gasteiger partial charge on any atom is 0.0589 e. The predicted octanol–water partition coefficient (Wildman–Crippen LogP) is -2.46. The number of hydrazine groups is 4. The molecule has 0 aliphatic carbocycles. The highest BCUT2D eigenvalue weighted by Gasteiger charge is 1.73. The molecule has 0 aliphatic rings. The second-order valence-electron chi connectivity index (χ2n) is 0.793. The molecule has 0 rings (SSSR count). The molecule has 0 unspecified atom stereocenters. The lowest BCUT2D eigenvalue weighted by atomic mass is 11.7. The zero-order chi connectivity index (χ0) is 6.24. The Kier molecular flexibility index (Phi) is 6.48. The van der Waals surface area contributed by atoms with Gasteiger partial charge in [-0.3, -0.25) is 4.84 Å². The van der Waals surface area contributed by atoms with Crippen molar-refractivity contribution in [3.8, 4) is 0 Å². The van der Waals surface area contributed by atoms with Gasteiger partial charge in [0.15, 0.2) is 0 Å². The Balaban J connectivity index is 2.53. The SMILES string of the molecule is CONNNNNO. The van der Waals surface area contributed by atoms with Crippen LogP contribution in [0.2, 0.25) is 0 Å². The van der Waals surface area contributed by atoms with Gasteiger partial charge in [0.2, 0.25) is 0 Å². The minimum absolute atomic E-state index is 1.43. The van der Waals surface area contributed by atoms with Crippen LogP contribution >= 0.6 is 0 Å². The Hall–Kier alpha value is -0.280. The average Bonchev–Trinajstić information content (AvgIpc) is 1.81. The first-order chi connectivity index (χ1) is 3.91. The van der Waals surface area contributed by atoms with Crippen molar-refractivity contribution < 1.29 is 10.0 Å². The Bertz CT molecular complexity index is 35.4. The lowest BCUT2D eigenvalue weighted by molar-refractivity contribution is 0.0147. The van der Waals surface area contributed by atoms with Crippen molar-refractivity contribution in [1.82, 2.24) is 27.8 Å². The molecule has 0 atom stereocenters. The Morgan fingerprint density at radius 1 is 1.25 bits per heavy atom. The lowest BCUT2D eigenvalue weighted by Gasteiger charge is -2.04. The highest BCUT2D eigenvalue weighted by Crippen LogP contribution is 1.35. The Labute approximate surface area is 46.2 Å². The van der Waals surface area contributed by atoms with Gasteiger partial charge in [-0.2, -0.15) is 16.6 Å². The van der Waals surface area contributed by atoms with Crippen molar-refractivity contribution in [3.05, 3.63) is 0 Å². The fourth-order valence-electron chi connectivity index (χ4n) is 0.136. The topological polar surface area (TPSA) is 89.6 Å². The smallest absolute Gasteiger partial charge is 0.0589 e. The van der Waals surface area contributed by atoms with E-state index in [9.17, 15) is 0 Å². The van der Waals surface area contributed by atoms with E-state index in [2.05, 4.69) is 27.0 Å². The van der Waals surface area contributed by atoms with E-state index in [1.165, 1.54) is 7.11 Å². The molecule has 7 nitrogen and oxygen atoms in total. The molecule has 0 heterocycles. The van der Waals surface area contributed by atoms with Crippen molar-refractivity contribution in [2.24, 2.45) is 0 Å². The van der Waals surface area contributed by atoms with E-state index < -0.39 is 0 Å². The fourth-order valence-corrected chi connectivity index (χ4v) is 0.136. The van der Waals surface area contributed by atoms with Gasteiger partial charge in [-0.15, -0.1) is 11.2 Å². The second kappa shape index (κ2) is 6.72. The van der Waals surface area contributed by atoms with Crippen molar-refractivity contribution >= 4 is 0 Å². The Morgan fingerprint density at radius 2 is 2.00 bits per heavy atom. The summed E-state index contributed by atoms with van der Waals surface area (Å²) in [7, 11) is 1.43. The van der Waals surface area contributed by atoms with Crippen molar-refractivity contribution in [3.63, 3.8) is 0 Å².